The second-order valence-electron chi connectivity index (χ2n) is 12.4. The SMILES string of the molecule is c1ccc(-c2ccc3c(c2)c2ccccc2n3-c2ccc3c(sc4ccccc43)c2-c2nc(-c3ccccc3)nc(-c3ccccc3)n2)cc1. The minimum absolute atomic E-state index is 0.647. The van der Waals surface area contributed by atoms with Crippen LogP contribution in [0.1, 0.15) is 0 Å². The second-order valence-corrected chi connectivity index (χ2v) is 13.5. The minimum Gasteiger partial charge on any atom is -0.308 e. The molecule has 234 valence electrons. The summed E-state index contributed by atoms with van der Waals surface area (Å²) in [6, 6.07) is 59.7. The van der Waals surface area contributed by atoms with Crippen LogP contribution in [0.15, 0.2) is 170 Å². The van der Waals surface area contributed by atoms with Gasteiger partial charge in [0.2, 0.25) is 0 Å². The summed E-state index contributed by atoms with van der Waals surface area (Å²) in [6.45, 7) is 0. The van der Waals surface area contributed by atoms with E-state index in [9.17, 15) is 0 Å². The van der Waals surface area contributed by atoms with Gasteiger partial charge in [-0.1, -0.05) is 140 Å². The molecule has 0 unspecified atom stereocenters. The van der Waals surface area contributed by atoms with E-state index in [4.69, 9.17) is 15.0 Å². The molecule has 4 nitrogen and oxygen atoms in total. The smallest absolute Gasteiger partial charge is 0.167 e. The van der Waals surface area contributed by atoms with Crippen LogP contribution in [-0.2, 0) is 0 Å². The van der Waals surface area contributed by atoms with Gasteiger partial charge in [0.25, 0.3) is 0 Å². The zero-order chi connectivity index (χ0) is 33.0. The molecule has 50 heavy (non-hydrogen) atoms. The van der Waals surface area contributed by atoms with Crippen molar-refractivity contribution in [3.8, 4) is 51.0 Å². The maximum absolute atomic E-state index is 5.28. The standard InChI is InChI=1S/C45H28N4S/c1-4-14-29(15-5-1)32-24-26-38-36(28-32)33-20-10-12-22-37(33)49(38)39-27-25-35-34-21-11-13-23-40(34)50-42(35)41(39)45-47-43(30-16-6-2-7-17-30)46-44(48-45)31-18-8-3-9-19-31/h1-28H. The molecule has 7 aromatic carbocycles. The molecular formula is C45H28N4S. The van der Waals surface area contributed by atoms with Crippen molar-refractivity contribution in [1.29, 1.82) is 0 Å². The first kappa shape index (κ1) is 28.6. The molecule has 5 heteroatoms. The van der Waals surface area contributed by atoms with Gasteiger partial charge in [0, 0.05) is 42.1 Å². The highest BCUT2D eigenvalue weighted by molar-refractivity contribution is 7.26. The first-order valence-electron chi connectivity index (χ1n) is 16.7. The van der Waals surface area contributed by atoms with Gasteiger partial charge in [0.15, 0.2) is 17.5 Å². The van der Waals surface area contributed by atoms with Gasteiger partial charge in [-0.2, -0.15) is 0 Å². The molecule has 0 saturated carbocycles. The Kier molecular flexibility index (Phi) is 6.64. The molecule has 0 N–H and O–H groups in total. The normalized spacial score (nSPS) is 11.6. The predicted molar refractivity (Wildman–Crippen MR) is 209 cm³/mol. The Morgan fingerprint density at radius 1 is 0.380 bits per heavy atom. The lowest BCUT2D eigenvalue weighted by molar-refractivity contribution is 1.07. The van der Waals surface area contributed by atoms with E-state index in [-0.39, 0.29) is 0 Å². The first-order chi connectivity index (χ1) is 24.8. The Morgan fingerprint density at radius 2 is 0.940 bits per heavy atom. The number of aromatic nitrogens is 4. The molecule has 0 radical (unpaired) electrons. The Hall–Kier alpha value is -6.43. The topological polar surface area (TPSA) is 43.6 Å². The van der Waals surface area contributed by atoms with Crippen LogP contribution in [0.2, 0.25) is 0 Å². The molecule has 0 fully saturated rings. The number of benzene rings is 7. The summed E-state index contributed by atoms with van der Waals surface area (Å²) in [7, 11) is 0. The zero-order valence-electron chi connectivity index (χ0n) is 26.9. The Labute approximate surface area is 292 Å². The minimum atomic E-state index is 0.647. The highest BCUT2D eigenvalue weighted by Crippen LogP contribution is 2.45. The van der Waals surface area contributed by atoms with E-state index in [2.05, 4.69) is 138 Å². The molecule has 0 bridgehead atoms. The van der Waals surface area contributed by atoms with Crippen LogP contribution in [0.4, 0.5) is 0 Å². The molecule has 0 spiro atoms. The van der Waals surface area contributed by atoms with Gasteiger partial charge in [-0.05, 0) is 41.5 Å². The van der Waals surface area contributed by atoms with Crippen molar-refractivity contribution in [2.75, 3.05) is 0 Å². The monoisotopic (exact) mass is 656 g/mol. The maximum atomic E-state index is 5.28. The fourth-order valence-corrected chi connectivity index (χ4v) is 8.38. The number of fused-ring (bicyclic) bond motifs is 6. The largest absolute Gasteiger partial charge is 0.308 e. The lowest BCUT2D eigenvalue weighted by Crippen LogP contribution is -2.04. The number of thiophene rings is 1. The van der Waals surface area contributed by atoms with Gasteiger partial charge < -0.3 is 4.57 Å². The van der Waals surface area contributed by atoms with Gasteiger partial charge in [-0.3, -0.25) is 0 Å². The van der Waals surface area contributed by atoms with Crippen molar-refractivity contribution in [3.05, 3.63) is 170 Å². The third-order valence-corrected chi connectivity index (χ3v) is 10.7. The lowest BCUT2D eigenvalue weighted by Gasteiger charge is -2.16. The highest BCUT2D eigenvalue weighted by atomic mass is 32.1. The number of hydrogen-bond acceptors (Lipinski definition) is 4. The van der Waals surface area contributed by atoms with Gasteiger partial charge in [-0.15, -0.1) is 11.3 Å². The van der Waals surface area contributed by atoms with Crippen LogP contribution < -0.4 is 0 Å². The number of rotatable bonds is 5. The average Bonchev–Trinajstić information content (AvgIpc) is 3.74. The summed E-state index contributed by atoms with van der Waals surface area (Å²) in [5, 5.41) is 4.83. The summed E-state index contributed by atoms with van der Waals surface area (Å²) in [6.07, 6.45) is 0. The summed E-state index contributed by atoms with van der Waals surface area (Å²) in [5.74, 6) is 1.94. The van der Waals surface area contributed by atoms with Crippen LogP contribution in [0, 0.1) is 0 Å². The number of para-hydroxylation sites is 1. The van der Waals surface area contributed by atoms with Gasteiger partial charge in [-0.25, -0.2) is 15.0 Å². The van der Waals surface area contributed by atoms with Crippen LogP contribution in [0.25, 0.3) is 93.0 Å². The molecule has 0 saturated heterocycles. The molecule has 0 aliphatic heterocycles. The quantitative estimate of drug-likeness (QED) is 0.185. The van der Waals surface area contributed by atoms with Crippen LogP contribution >= 0.6 is 11.3 Å². The molecule has 3 heterocycles. The molecule has 0 aliphatic rings. The van der Waals surface area contributed by atoms with Crippen LogP contribution in [0.3, 0.4) is 0 Å². The molecule has 3 aromatic heterocycles. The Bertz CT molecular complexity index is 2800. The van der Waals surface area contributed by atoms with Crippen LogP contribution in [0.5, 0.6) is 0 Å². The molecule has 0 aliphatic carbocycles. The molecule has 10 rings (SSSR count). The van der Waals surface area contributed by atoms with Crippen molar-refractivity contribution in [1.82, 2.24) is 19.5 Å². The van der Waals surface area contributed by atoms with E-state index >= 15 is 0 Å². The Balaban J connectivity index is 1.32. The van der Waals surface area contributed by atoms with Crippen molar-refractivity contribution in [2.24, 2.45) is 0 Å². The van der Waals surface area contributed by atoms with Crippen molar-refractivity contribution < 1.29 is 0 Å². The maximum Gasteiger partial charge on any atom is 0.167 e. The Morgan fingerprint density at radius 3 is 1.64 bits per heavy atom. The van der Waals surface area contributed by atoms with Crippen molar-refractivity contribution in [3.63, 3.8) is 0 Å². The summed E-state index contributed by atoms with van der Waals surface area (Å²) < 4.78 is 4.78. The summed E-state index contributed by atoms with van der Waals surface area (Å²) in [5.41, 5.74) is 8.59. The first-order valence-corrected chi connectivity index (χ1v) is 17.5. The third kappa shape index (κ3) is 4.63. The van der Waals surface area contributed by atoms with Gasteiger partial charge in [0.1, 0.15) is 0 Å². The van der Waals surface area contributed by atoms with Crippen molar-refractivity contribution >= 4 is 53.3 Å². The number of hydrogen-bond donors (Lipinski definition) is 0. The molecular weight excluding hydrogens is 629 g/mol. The second kappa shape index (κ2) is 11.6. The van der Waals surface area contributed by atoms with E-state index < -0.39 is 0 Å². The summed E-state index contributed by atoms with van der Waals surface area (Å²) in [4.78, 5) is 15.6. The third-order valence-electron chi connectivity index (χ3n) is 9.47. The average molecular weight is 657 g/mol. The fourth-order valence-electron chi connectivity index (χ4n) is 7.14. The summed E-state index contributed by atoms with van der Waals surface area (Å²) >= 11 is 1.79. The molecule has 0 amide bonds. The molecule has 10 aromatic rings. The fraction of sp³-hybridized carbons (Fsp3) is 0. The van der Waals surface area contributed by atoms with Crippen molar-refractivity contribution in [2.45, 2.75) is 0 Å². The van der Waals surface area contributed by atoms with Gasteiger partial charge >= 0.3 is 0 Å². The van der Waals surface area contributed by atoms with E-state index in [0.29, 0.717) is 17.5 Å². The highest BCUT2D eigenvalue weighted by Gasteiger charge is 2.23. The van der Waals surface area contributed by atoms with Gasteiger partial charge in [0.05, 0.1) is 22.3 Å². The van der Waals surface area contributed by atoms with Crippen LogP contribution in [-0.4, -0.2) is 19.5 Å². The molecule has 0 atom stereocenters. The van der Waals surface area contributed by atoms with E-state index in [0.717, 1.165) is 38.1 Å². The van der Waals surface area contributed by atoms with E-state index in [1.54, 1.807) is 11.3 Å². The zero-order valence-corrected chi connectivity index (χ0v) is 27.7. The predicted octanol–water partition coefficient (Wildman–Crippen LogP) is 12.0. The van der Waals surface area contributed by atoms with E-state index in [1.807, 2.05) is 36.4 Å². The number of nitrogens with zero attached hydrogens (tertiary/aromatic N) is 4. The van der Waals surface area contributed by atoms with E-state index in [1.165, 1.54) is 37.4 Å². The lowest BCUT2D eigenvalue weighted by atomic mass is 10.0.